The fourth-order valence-corrected chi connectivity index (χ4v) is 2.43. The van der Waals surface area contributed by atoms with Gasteiger partial charge in [-0.05, 0) is 54.9 Å². The second-order valence-corrected chi connectivity index (χ2v) is 7.43. The van der Waals surface area contributed by atoms with E-state index >= 15 is 0 Å². The van der Waals surface area contributed by atoms with Gasteiger partial charge >= 0.3 is 0 Å². The van der Waals surface area contributed by atoms with Crippen molar-refractivity contribution >= 4 is 35.8 Å². The third-order valence-electron chi connectivity index (χ3n) is 3.37. The maximum atomic E-state index is 11.8. The first-order valence-corrected chi connectivity index (χ1v) is 8.58. The summed E-state index contributed by atoms with van der Waals surface area (Å²) in [5.41, 5.74) is -0.215. The number of nitrogens with zero attached hydrogens (tertiary/aromatic N) is 2. The number of aliphatic imine (C=N–C) groups is 1. The van der Waals surface area contributed by atoms with Crippen LogP contribution in [0, 0.1) is 0 Å². The van der Waals surface area contributed by atoms with Crippen LogP contribution in [0.15, 0.2) is 4.99 Å². The van der Waals surface area contributed by atoms with Crippen LogP contribution in [-0.2, 0) is 4.79 Å². The van der Waals surface area contributed by atoms with Crippen molar-refractivity contribution in [1.29, 1.82) is 0 Å². The molecule has 0 radical (unpaired) electrons. The van der Waals surface area contributed by atoms with E-state index in [1.165, 1.54) is 0 Å². The van der Waals surface area contributed by atoms with E-state index in [1.807, 2.05) is 20.8 Å². The predicted octanol–water partition coefficient (Wildman–Crippen LogP) is 2.19. The number of halogens is 1. The number of carbonyl (C=O) groups is 1. The Hall–Kier alpha value is -0.570. The molecule has 0 saturated carbocycles. The fourth-order valence-electron chi connectivity index (χ4n) is 2.43. The van der Waals surface area contributed by atoms with Crippen LogP contribution < -0.4 is 16.0 Å². The number of rotatable bonds is 8. The van der Waals surface area contributed by atoms with Gasteiger partial charge in [0.1, 0.15) is 0 Å². The molecule has 0 atom stereocenters. The van der Waals surface area contributed by atoms with Crippen molar-refractivity contribution in [2.75, 3.05) is 26.7 Å². The van der Waals surface area contributed by atoms with Gasteiger partial charge in [0.05, 0.1) is 6.54 Å². The molecule has 1 amide bonds. The molecule has 0 aromatic carbocycles. The second kappa shape index (κ2) is 12.7. The molecular formula is C17H38IN5O. The maximum absolute atomic E-state index is 11.8. The lowest BCUT2D eigenvalue weighted by atomic mass is 10.1. The Morgan fingerprint density at radius 1 is 1.08 bits per heavy atom. The Bertz CT molecular complexity index is 370. The molecule has 0 aromatic rings. The minimum Gasteiger partial charge on any atom is -0.356 e. The number of hydrogen-bond donors (Lipinski definition) is 3. The molecule has 0 bridgehead atoms. The third kappa shape index (κ3) is 12.8. The number of carbonyl (C=O) groups excluding carboxylic acids is 1. The van der Waals surface area contributed by atoms with E-state index in [9.17, 15) is 4.79 Å². The number of guanidine groups is 1. The van der Waals surface area contributed by atoms with Crippen LogP contribution in [0.4, 0.5) is 0 Å². The van der Waals surface area contributed by atoms with Gasteiger partial charge in [-0.3, -0.25) is 14.7 Å². The number of hydrogen-bond acceptors (Lipinski definition) is 3. The molecule has 0 fully saturated rings. The summed E-state index contributed by atoms with van der Waals surface area (Å²) in [5, 5.41) is 9.21. The zero-order chi connectivity index (χ0) is 18.0. The summed E-state index contributed by atoms with van der Waals surface area (Å²) in [5.74, 6) is 0.626. The van der Waals surface area contributed by atoms with Gasteiger partial charge in [0.25, 0.3) is 0 Å². The van der Waals surface area contributed by atoms with Gasteiger partial charge in [0.2, 0.25) is 5.91 Å². The molecule has 0 unspecified atom stereocenters. The van der Waals surface area contributed by atoms with E-state index in [0.29, 0.717) is 18.0 Å². The zero-order valence-corrected chi connectivity index (χ0v) is 19.0. The van der Waals surface area contributed by atoms with Crippen LogP contribution >= 0.6 is 24.0 Å². The maximum Gasteiger partial charge on any atom is 0.239 e. The van der Waals surface area contributed by atoms with Crippen LogP contribution in [0.5, 0.6) is 0 Å². The summed E-state index contributed by atoms with van der Waals surface area (Å²) in [6.07, 6.45) is 1.03. The molecule has 0 aromatic heterocycles. The van der Waals surface area contributed by atoms with Crippen molar-refractivity contribution in [3.63, 3.8) is 0 Å². The smallest absolute Gasteiger partial charge is 0.239 e. The molecule has 144 valence electrons. The Balaban J connectivity index is 0. The molecule has 0 saturated heterocycles. The van der Waals surface area contributed by atoms with Gasteiger partial charge in [-0.1, -0.05) is 0 Å². The summed E-state index contributed by atoms with van der Waals surface area (Å²) in [6.45, 7) is 16.9. The van der Waals surface area contributed by atoms with Crippen LogP contribution in [-0.4, -0.2) is 61.1 Å². The van der Waals surface area contributed by atoms with Gasteiger partial charge in [-0.15, -0.1) is 24.0 Å². The quantitative estimate of drug-likeness (QED) is 0.227. The Kier molecular flexibility index (Phi) is 13.6. The average Bonchev–Trinajstić information content (AvgIpc) is 2.38. The highest BCUT2D eigenvalue weighted by atomic mass is 127. The molecule has 0 aliphatic heterocycles. The first-order valence-electron chi connectivity index (χ1n) is 8.58. The minimum atomic E-state index is -0.215. The first-order chi connectivity index (χ1) is 10.6. The highest BCUT2D eigenvalue weighted by Crippen LogP contribution is 2.05. The summed E-state index contributed by atoms with van der Waals surface area (Å²) < 4.78 is 0. The minimum absolute atomic E-state index is 0. The molecule has 3 N–H and O–H groups in total. The van der Waals surface area contributed by atoms with Gasteiger partial charge in [0.15, 0.2) is 5.96 Å². The van der Waals surface area contributed by atoms with Crippen molar-refractivity contribution in [1.82, 2.24) is 20.9 Å². The van der Waals surface area contributed by atoms with Crippen molar-refractivity contribution in [3.05, 3.63) is 0 Å². The van der Waals surface area contributed by atoms with E-state index in [2.05, 4.69) is 53.5 Å². The van der Waals surface area contributed by atoms with Crippen LogP contribution in [0.1, 0.15) is 54.9 Å². The number of nitrogens with one attached hydrogen (secondary N) is 3. The molecule has 0 rings (SSSR count). The second-order valence-electron chi connectivity index (χ2n) is 7.43. The summed E-state index contributed by atoms with van der Waals surface area (Å²) >= 11 is 0. The van der Waals surface area contributed by atoms with Crippen molar-refractivity contribution in [3.8, 4) is 0 Å². The van der Waals surface area contributed by atoms with E-state index in [-0.39, 0.29) is 42.0 Å². The Labute approximate surface area is 165 Å². The van der Waals surface area contributed by atoms with E-state index in [4.69, 9.17) is 0 Å². The molecule has 0 aliphatic carbocycles. The van der Waals surface area contributed by atoms with Crippen LogP contribution in [0.3, 0.4) is 0 Å². The topological polar surface area (TPSA) is 68.8 Å². The lowest BCUT2D eigenvalue weighted by molar-refractivity contribution is -0.121. The fraction of sp³-hybridized carbons (Fsp3) is 0.882. The highest BCUT2D eigenvalue weighted by molar-refractivity contribution is 14.0. The normalized spacial score (nSPS) is 12.4. The number of amides is 1. The van der Waals surface area contributed by atoms with Gasteiger partial charge < -0.3 is 16.0 Å². The van der Waals surface area contributed by atoms with E-state index < -0.39 is 0 Å². The van der Waals surface area contributed by atoms with Crippen LogP contribution in [0.2, 0.25) is 0 Å². The lowest BCUT2D eigenvalue weighted by Crippen LogP contribution is -2.48. The van der Waals surface area contributed by atoms with Gasteiger partial charge in [-0.2, -0.15) is 0 Å². The Morgan fingerprint density at radius 2 is 1.62 bits per heavy atom. The molecule has 7 heteroatoms. The van der Waals surface area contributed by atoms with Gasteiger partial charge in [-0.25, -0.2) is 0 Å². The summed E-state index contributed by atoms with van der Waals surface area (Å²) in [7, 11) is 1.71. The lowest BCUT2D eigenvalue weighted by Gasteiger charge is -2.30. The molecule has 0 aliphatic rings. The monoisotopic (exact) mass is 455 g/mol. The Morgan fingerprint density at radius 3 is 2.04 bits per heavy atom. The largest absolute Gasteiger partial charge is 0.356 e. The molecule has 6 nitrogen and oxygen atoms in total. The van der Waals surface area contributed by atoms with Crippen LogP contribution in [0.25, 0.3) is 0 Å². The highest BCUT2D eigenvalue weighted by Gasteiger charge is 2.14. The zero-order valence-electron chi connectivity index (χ0n) is 16.7. The van der Waals surface area contributed by atoms with E-state index in [0.717, 1.165) is 19.5 Å². The molecule has 0 heterocycles. The SMILES string of the molecule is CN=C(NCCCN(C(C)C)C(C)C)NCC(=O)NC(C)(C)C.I. The first kappa shape index (κ1) is 25.7. The summed E-state index contributed by atoms with van der Waals surface area (Å²) in [4.78, 5) is 18.4. The van der Waals surface area contributed by atoms with Gasteiger partial charge in [0, 0.05) is 37.8 Å². The standard InChI is InChI=1S/C17H37N5O.HI/c1-13(2)22(14(3)4)11-9-10-19-16(18-8)20-12-15(23)21-17(5,6)7;/h13-14H,9-12H2,1-8H3,(H,21,23)(H2,18,19,20);1H. The molecular weight excluding hydrogens is 417 g/mol. The van der Waals surface area contributed by atoms with Crippen molar-refractivity contribution in [2.45, 2.75) is 72.5 Å². The summed E-state index contributed by atoms with van der Waals surface area (Å²) in [6, 6.07) is 1.10. The van der Waals surface area contributed by atoms with E-state index in [1.54, 1.807) is 7.05 Å². The third-order valence-corrected chi connectivity index (χ3v) is 3.37. The van der Waals surface area contributed by atoms with Crippen molar-refractivity contribution in [2.24, 2.45) is 4.99 Å². The predicted molar refractivity (Wildman–Crippen MR) is 114 cm³/mol. The van der Waals surface area contributed by atoms with Crippen molar-refractivity contribution < 1.29 is 4.79 Å². The average molecular weight is 455 g/mol. The molecule has 24 heavy (non-hydrogen) atoms. The molecule has 0 spiro atoms.